The van der Waals surface area contributed by atoms with Crippen molar-refractivity contribution in [3.8, 4) is 0 Å². The van der Waals surface area contributed by atoms with Crippen LogP contribution in [0.4, 0.5) is 0 Å². The van der Waals surface area contributed by atoms with Gasteiger partial charge in [-0.25, -0.2) is 9.59 Å². The molecule has 2 saturated heterocycles. The summed E-state index contributed by atoms with van der Waals surface area (Å²) in [5.74, 6) is -2.58. The molecule has 2 aliphatic heterocycles. The number of esters is 1. The van der Waals surface area contributed by atoms with Crippen molar-refractivity contribution in [3.05, 3.63) is 0 Å². The lowest BCUT2D eigenvalue weighted by Gasteiger charge is -2.50. The first kappa shape index (κ1) is 18.5. The third-order valence-corrected chi connectivity index (χ3v) is 7.29. The van der Waals surface area contributed by atoms with Gasteiger partial charge in [0.25, 0.3) is 0 Å². The summed E-state index contributed by atoms with van der Waals surface area (Å²) in [4.78, 5) is 37.1. The molecule has 130 valence electrons. The number of carboxylic acids is 1. The highest BCUT2D eigenvalue weighted by Crippen LogP contribution is 2.59. The van der Waals surface area contributed by atoms with Crippen LogP contribution < -0.4 is 0 Å². The Morgan fingerprint density at radius 2 is 2.09 bits per heavy atom. The van der Waals surface area contributed by atoms with Gasteiger partial charge in [0.05, 0.1) is 6.61 Å². The van der Waals surface area contributed by atoms with Crippen LogP contribution in [0.3, 0.4) is 0 Å². The second-order valence-electron chi connectivity index (χ2n) is 6.22. The molecule has 23 heavy (non-hydrogen) atoms. The Morgan fingerprint density at radius 3 is 2.61 bits per heavy atom. The van der Waals surface area contributed by atoms with Crippen LogP contribution in [-0.2, 0) is 19.1 Å². The van der Waals surface area contributed by atoms with Crippen molar-refractivity contribution in [2.75, 3.05) is 6.61 Å². The first-order valence-corrected chi connectivity index (χ1v) is 9.03. The number of hydrogen-bond acceptors (Lipinski definition) is 6. The van der Waals surface area contributed by atoms with Gasteiger partial charge in [0, 0.05) is 4.75 Å². The number of rotatable bonds is 6. The van der Waals surface area contributed by atoms with Gasteiger partial charge in [-0.15, -0.1) is 11.8 Å². The zero-order valence-corrected chi connectivity index (χ0v) is 15.5. The number of carboxylic acid groups (broad SMARTS) is 1. The Kier molecular flexibility index (Phi) is 5.04. The highest BCUT2D eigenvalue weighted by atomic mass is 79.9. The molecule has 0 spiro atoms. The predicted octanol–water partition coefficient (Wildman–Crippen LogP) is 0.971. The third kappa shape index (κ3) is 2.76. The quantitative estimate of drug-likeness (QED) is 0.291. The minimum atomic E-state index is -1.68. The standard InChI is InChI=1S/C14H20BrNO6S/c1-4-5-6-22-10(20)8(17)14(15)11(21)16-7(9(18)19)13(2,3)23-12(14)16/h7-8,12,17H,4-6H2,1-3H3,(H,18,19)/t7-,8?,12+,14?/m0/s1. The van der Waals surface area contributed by atoms with Crippen molar-refractivity contribution in [1.82, 2.24) is 4.90 Å². The molecular formula is C14H20BrNO6S. The maximum Gasteiger partial charge on any atom is 0.337 e. The summed E-state index contributed by atoms with van der Waals surface area (Å²) in [6.07, 6.45) is -0.174. The van der Waals surface area contributed by atoms with E-state index in [1.54, 1.807) is 13.8 Å². The van der Waals surface area contributed by atoms with E-state index in [9.17, 15) is 24.6 Å². The molecular weight excluding hydrogens is 390 g/mol. The smallest absolute Gasteiger partial charge is 0.337 e. The molecule has 0 saturated carbocycles. The number of nitrogens with zero attached hydrogens (tertiary/aromatic N) is 1. The van der Waals surface area contributed by atoms with Crippen LogP contribution >= 0.6 is 27.7 Å². The van der Waals surface area contributed by atoms with Crippen molar-refractivity contribution in [1.29, 1.82) is 0 Å². The number of alkyl halides is 1. The molecule has 4 atom stereocenters. The van der Waals surface area contributed by atoms with Gasteiger partial charge in [0.2, 0.25) is 5.91 Å². The molecule has 2 unspecified atom stereocenters. The van der Waals surface area contributed by atoms with E-state index in [0.29, 0.717) is 6.42 Å². The molecule has 0 aromatic carbocycles. The molecule has 2 aliphatic rings. The summed E-state index contributed by atoms with van der Waals surface area (Å²) in [6, 6.07) is -1.00. The van der Waals surface area contributed by atoms with E-state index in [1.807, 2.05) is 6.92 Å². The van der Waals surface area contributed by atoms with E-state index >= 15 is 0 Å². The van der Waals surface area contributed by atoms with E-state index in [4.69, 9.17) is 4.74 Å². The number of aliphatic hydroxyl groups excluding tert-OH is 1. The number of aliphatic hydroxyl groups is 1. The first-order chi connectivity index (χ1) is 10.6. The van der Waals surface area contributed by atoms with E-state index in [-0.39, 0.29) is 6.61 Å². The maximum atomic E-state index is 12.5. The number of amides is 1. The predicted molar refractivity (Wildman–Crippen MR) is 87.3 cm³/mol. The number of thioether (sulfide) groups is 1. The molecule has 2 heterocycles. The van der Waals surface area contributed by atoms with E-state index < -0.39 is 44.4 Å². The summed E-state index contributed by atoms with van der Waals surface area (Å²) >= 11 is 4.44. The van der Waals surface area contributed by atoms with Crippen LogP contribution in [-0.4, -0.2) is 66.2 Å². The maximum absolute atomic E-state index is 12.5. The number of carbonyl (C=O) groups is 3. The average molecular weight is 410 g/mol. The van der Waals surface area contributed by atoms with Crippen LogP contribution in [0.25, 0.3) is 0 Å². The number of β-lactam (4-membered cyclic amide) rings is 1. The van der Waals surface area contributed by atoms with Gasteiger partial charge in [0.1, 0.15) is 11.4 Å². The molecule has 0 aromatic rings. The number of ether oxygens (including phenoxy) is 1. The van der Waals surface area contributed by atoms with Crippen molar-refractivity contribution in [3.63, 3.8) is 0 Å². The highest BCUT2D eigenvalue weighted by Gasteiger charge is 2.74. The van der Waals surface area contributed by atoms with E-state index in [2.05, 4.69) is 15.9 Å². The minimum Gasteiger partial charge on any atom is -0.480 e. The fraction of sp³-hybridized carbons (Fsp3) is 0.786. The molecule has 0 aliphatic carbocycles. The molecule has 1 amide bonds. The van der Waals surface area contributed by atoms with Crippen LogP contribution in [0.15, 0.2) is 0 Å². The lowest BCUT2D eigenvalue weighted by Crippen LogP contribution is -2.75. The number of fused-ring (bicyclic) bond motifs is 1. The normalized spacial score (nSPS) is 32.9. The fourth-order valence-corrected chi connectivity index (χ4v) is 5.41. The first-order valence-electron chi connectivity index (χ1n) is 7.36. The lowest BCUT2D eigenvalue weighted by atomic mass is 9.87. The Morgan fingerprint density at radius 1 is 1.48 bits per heavy atom. The van der Waals surface area contributed by atoms with Gasteiger partial charge in [-0.05, 0) is 20.3 Å². The van der Waals surface area contributed by atoms with Gasteiger partial charge in [-0.1, -0.05) is 29.3 Å². The van der Waals surface area contributed by atoms with Crippen molar-refractivity contribution in [2.24, 2.45) is 0 Å². The Bertz CT molecular complexity index is 541. The summed E-state index contributed by atoms with van der Waals surface area (Å²) in [6.45, 7) is 5.56. The Hall–Kier alpha value is -0.800. The van der Waals surface area contributed by atoms with Crippen LogP contribution in [0.5, 0.6) is 0 Å². The average Bonchev–Trinajstić information content (AvgIpc) is 2.75. The molecule has 9 heteroatoms. The van der Waals surface area contributed by atoms with Crippen LogP contribution in [0.2, 0.25) is 0 Å². The monoisotopic (exact) mass is 409 g/mol. The lowest BCUT2D eigenvalue weighted by molar-refractivity contribution is -0.172. The molecule has 0 aromatic heterocycles. The highest BCUT2D eigenvalue weighted by molar-refractivity contribution is 9.10. The molecule has 0 radical (unpaired) electrons. The van der Waals surface area contributed by atoms with Gasteiger partial charge < -0.3 is 19.8 Å². The van der Waals surface area contributed by atoms with Gasteiger partial charge in [-0.2, -0.15) is 0 Å². The molecule has 2 rings (SSSR count). The Balaban J connectivity index is 2.17. The SMILES string of the molecule is CCCCOC(=O)C(O)C1(Br)C(=O)N2[C@@H](C(=O)O)C(C)(C)S[C@@H]21. The number of halogens is 1. The van der Waals surface area contributed by atoms with E-state index in [1.165, 1.54) is 16.7 Å². The second-order valence-corrected chi connectivity index (χ2v) is 9.27. The minimum absolute atomic E-state index is 0.175. The zero-order valence-electron chi connectivity index (χ0n) is 13.1. The number of hydrogen-bond donors (Lipinski definition) is 2. The number of carbonyl (C=O) groups excluding carboxylic acids is 2. The van der Waals surface area contributed by atoms with Crippen LogP contribution in [0.1, 0.15) is 33.6 Å². The number of aliphatic carboxylic acids is 1. The number of unbranched alkanes of at least 4 members (excludes halogenated alkanes) is 1. The molecule has 7 nitrogen and oxygen atoms in total. The summed E-state index contributed by atoms with van der Waals surface area (Å²) in [7, 11) is 0. The Labute approximate surface area is 146 Å². The summed E-state index contributed by atoms with van der Waals surface area (Å²) in [5, 5.41) is 19.0. The third-order valence-electron chi connectivity index (χ3n) is 4.12. The van der Waals surface area contributed by atoms with Gasteiger partial charge in [-0.3, -0.25) is 4.79 Å². The van der Waals surface area contributed by atoms with Crippen molar-refractivity contribution in [2.45, 2.75) is 60.2 Å². The van der Waals surface area contributed by atoms with Crippen molar-refractivity contribution < 1.29 is 29.3 Å². The van der Waals surface area contributed by atoms with E-state index in [0.717, 1.165) is 6.42 Å². The topological polar surface area (TPSA) is 104 Å². The fourth-order valence-electron chi connectivity index (χ4n) is 2.86. The largest absolute Gasteiger partial charge is 0.480 e. The van der Waals surface area contributed by atoms with Crippen molar-refractivity contribution >= 4 is 45.5 Å². The zero-order chi connectivity index (χ0) is 17.6. The molecule has 2 N–H and O–H groups in total. The summed E-state index contributed by atoms with van der Waals surface area (Å²) in [5.41, 5.74) is 0. The van der Waals surface area contributed by atoms with Gasteiger partial charge >= 0.3 is 11.9 Å². The summed E-state index contributed by atoms with van der Waals surface area (Å²) < 4.78 is 2.71. The second kappa shape index (κ2) is 6.25. The molecule has 0 bridgehead atoms. The van der Waals surface area contributed by atoms with Crippen LogP contribution in [0, 0.1) is 0 Å². The van der Waals surface area contributed by atoms with Gasteiger partial charge in [0.15, 0.2) is 10.4 Å². The molecule has 2 fully saturated rings.